The Labute approximate surface area is 621 Å². The lowest BCUT2D eigenvalue weighted by atomic mass is 10.3. The SMILES string of the molecule is CCO[Si](C)(CCCN1CCOCC1)O[Si](C)(CCCN1CCOCC1)O[Si](C)(CCCN1CCOCC1)O[Si](C)(CCCN1CCOCC1)O[Si](C)(CCCN1CCOCC1)O[Si](C)(CCCN1CCOCC1)O[Si](C)(CCCN1CCOCC1)O[Si](C)(CCCN1CCOCC1)OCC. The Morgan fingerprint density at radius 3 is 0.446 bits per heavy atom. The monoisotopic (exact) mass is 1570 g/mol. The molecule has 8 fully saturated rings. The van der Waals surface area contributed by atoms with E-state index in [9.17, 15) is 0 Å². The zero-order valence-electron chi connectivity index (χ0n) is 65.5. The summed E-state index contributed by atoms with van der Waals surface area (Å²) in [6, 6.07) is 6.70. The summed E-state index contributed by atoms with van der Waals surface area (Å²) in [6.45, 7) is 59.7. The number of hydrogen-bond acceptors (Lipinski definition) is 25. The highest BCUT2D eigenvalue weighted by Gasteiger charge is 2.56. The van der Waals surface area contributed by atoms with E-state index in [1.165, 1.54) is 0 Å². The largest absolute Gasteiger partial charge is 0.416 e. The van der Waals surface area contributed by atoms with E-state index >= 15 is 0 Å². The summed E-state index contributed by atoms with van der Waals surface area (Å²) in [7, 11) is -25.2. The number of rotatable bonds is 50. The van der Waals surface area contributed by atoms with Crippen LogP contribution in [0.5, 0.6) is 0 Å². The molecule has 592 valence electrons. The van der Waals surface area contributed by atoms with Crippen molar-refractivity contribution in [3.05, 3.63) is 0 Å². The Kier molecular flexibility index (Phi) is 39.7. The molecule has 8 aliphatic heterocycles. The van der Waals surface area contributed by atoms with E-state index in [0.717, 1.165) is 363 Å². The van der Waals surface area contributed by atoms with Crippen LogP contribution in [0.2, 0.25) is 101 Å². The number of nitrogens with zero attached hydrogens (tertiary/aromatic N) is 8. The van der Waals surface area contributed by atoms with Crippen LogP contribution in [0, 0.1) is 0 Å². The Balaban J connectivity index is 1.17. The molecular formula is C68H146N8O17Si8. The Morgan fingerprint density at radius 2 is 0.317 bits per heavy atom. The highest BCUT2D eigenvalue weighted by molar-refractivity contribution is 6.93. The first kappa shape index (κ1) is 87.3. The second-order valence-corrected chi connectivity index (χ2v) is 59.5. The van der Waals surface area contributed by atoms with Crippen LogP contribution >= 0.6 is 0 Å². The summed E-state index contributed by atoms with van der Waals surface area (Å²) >= 11 is 0. The highest BCUT2D eigenvalue weighted by Crippen LogP contribution is 2.40. The summed E-state index contributed by atoms with van der Waals surface area (Å²) in [5.41, 5.74) is 0. The van der Waals surface area contributed by atoms with Crippen LogP contribution in [-0.4, -0.2) is 384 Å². The van der Waals surface area contributed by atoms with Crippen LogP contribution in [0.1, 0.15) is 65.2 Å². The van der Waals surface area contributed by atoms with Gasteiger partial charge in [-0.25, -0.2) is 0 Å². The Hall–Kier alpha value is 0.735. The van der Waals surface area contributed by atoms with Gasteiger partial charge in [-0.2, -0.15) is 0 Å². The molecule has 8 atom stereocenters. The minimum Gasteiger partial charge on any atom is -0.416 e. The van der Waals surface area contributed by atoms with Gasteiger partial charge >= 0.3 is 68.5 Å². The van der Waals surface area contributed by atoms with Gasteiger partial charge in [-0.15, -0.1) is 0 Å². The summed E-state index contributed by atoms with van der Waals surface area (Å²) in [4.78, 5) is 20.5. The molecule has 0 aliphatic carbocycles. The van der Waals surface area contributed by atoms with Crippen LogP contribution in [0.3, 0.4) is 0 Å². The third-order valence-corrected chi connectivity index (χ3v) is 57.7. The van der Waals surface area contributed by atoms with E-state index in [1.807, 2.05) is 0 Å². The smallest absolute Gasteiger partial charge is 0.326 e. The van der Waals surface area contributed by atoms with Crippen LogP contribution < -0.4 is 0 Å². The van der Waals surface area contributed by atoms with Crippen LogP contribution in [0.4, 0.5) is 0 Å². The van der Waals surface area contributed by atoms with Crippen molar-refractivity contribution in [3.63, 3.8) is 0 Å². The zero-order chi connectivity index (χ0) is 71.7. The van der Waals surface area contributed by atoms with Gasteiger partial charge in [0.05, 0.1) is 106 Å². The normalized spacial score (nSPS) is 25.8. The molecule has 0 spiro atoms. The maximum absolute atomic E-state index is 8.49. The molecule has 0 aromatic carbocycles. The van der Waals surface area contributed by atoms with E-state index < -0.39 is 68.5 Å². The molecule has 8 saturated heterocycles. The van der Waals surface area contributed by atoms with Crippen molar-refractivity contribution in [2.45, 2.75) is 166 Å². The van der Waals surface area contributed by atoms with Crippen LogP contribution in [-0.2, 0) is 75.6 Å². The molecule has 101 heavy (non-hydrogen) atoms. The van der Waals surface area contributed by atoms with Gasteiger partial charge in [0.1, 0.15) is 0 Å². The second kappa shape index (κ2) is 45.9. The number of hydrogen-bond donors (Lipinski definition) is 0. The first-order valence-electron chi connectivity index (χ1n) is 40.3. The minimum atomic E-state index is -3.35. The standard InChI is InChI=1S/C68H146N8O17Si8/c1-11-85-94(3,61-13-21-69-29-45-77-46-30-69)87-96(5,63-15-23-71-33-49-79-50-34-71)89-98(7,65-17-25-73-37-53-81-54-38-73)91-100(9,67-19-27-75-41-57-83-58-42-75)93-101(10,68-20-28-76-43-59-84-60-44-76)92-99(8,66-18-26-74-39-55-82-56-40-74)90-97(6,64-16-24-72-35-51-80-52-36-72)88-95(4,86-12-2)62-14-22-70-31-47-78-48-32-70/h11-68H2,1-10H3. The molecule has 8 aliphatic rings. The van der Waals surface area contributed by atoms with Crippen molar-refractivity contribution >= 4 is 68.5 Å². The van der Waals surface area contributed by atoms with E-state index in [4.69, 9.17) is 75.6 Å². The molecule has 25 nitrogen and oxygen atoms in total. The van der Waals surface area contributed by atoms with Crippen molar-refractivity contribution in [3.8, 4) is 0 Å². The van der Waals surface area contributed by atoms with Gasteiger partial charge < -0.3 is 75.6 Å². The Morgan fingerprint density at radius 1 is 0.198 bits per heavy atom. The van der Waals surface area contributed by atoms with Gasteiger partial charge in [0, 0.05) is 118 Å². The average molecular weight is 1570 g/mol. The molecule has 0 saturated carbocycles. The fourth-order valence-corrected chi connectivity index (χ4v) is 59.4. The molecule has 8 heterocycles. The van der Waals surface area contributed by atoms with Gasteiger partial charge in [-0.1, -0.05) is 0 Å². The lowest BCUT2D eigenvalue weighted by molar-refractivity contribution is 0.0374. The Bertz CT molecular complexity index is 2060. The molecule has 0 N–H and O–H groups in total. The van der Waals surface area contributed by atoms with Crippen LogP contribution in [0.25, 0.3) is 0 Å². The van der Waals surface area contributed by atoms with Gasteiger partial charge in [-0.05, 0) is 218 Å². The molecule has 8 rings (SSSR count). The van der Waals surface area contributed by atoms with Gasteiger partial charge in [0.15, 0.2) is 0 Å². The minimum absolute atomic E-state index is 0.602. The predicted octanol–water partition coefficient (Wildman–Crippen LogP) is 7.53. The quantitative estimate of drug-likeness (QED) is 0.0545. The van der Waals surface area contributed by atoms with Crippen LogP contribution in [0.15, 0.2) is 0 Å². The summed E-state index contributed by atoms with van der Waals surface area (Å²) in [6.07, 6.45) is 7.69. The van der Waals surface area contributed by atoms with E-state index in [1.54, 1.807) is 0 Å². The third-order valence-electron chi connectivity index (χ3n) is 21.6. The third kappa shape index (κ3) is 33.7. The first-order valence-corrected chi connectivity index (χ1v) is 60.5. The van der Waals surface area contributed by atoms with Crippen molar-refractivity contribution < 1.29 is 75.6 Å². The molecule has 8 unspecified atom stereocenters. The van der Waals surface area contributed by atoms with Gasteiger partial charge in [0.2, 0.25) is 0 Å². The van der Waals surface area contributed by atoms with Crippen molar-refractivity contribution in [2.24, 2.45) is 0 Å². The molecule has 0 bridgehead atoms. The maximum Gasteiger partial charge on any atom is 0.326 e. The average Bonchev–Trinajstić information content (AvgIpc) is 0.780. The lowest BCUT2D eigenvalue weighted by Gasteiger charge is -2.48. The topological polar surface area (TPSA) is 183 Å². The maximum atomic E-state index is 8.49. The summed E-state index contributed by atoms with van der Waals surface area (Å²) in [5, 5.41) is 0. The molecule has 33 heteroatoms. The van der Waals surface area contributed by atoms with Crippen molar-refractivity contribution in [1.29, 1.82) is 0 Å². The molecule has 0 amide bonds. The summed E-state index contributed by atoms with van der Waals surface area (Å²) < 4.78 is 119. The van der Waals surface area contributed by atoms with E-state index in [-0.39, 0.29) is 0 Å². The fraction of sp³-hybridized carbons (Fsp3) is 1.00. The highest BCUT2D eigenvalue weighted by atomic mass is 28.5. The molecule has 0 aromatic rings. The van der Waals surface area contributed by atoms with Gasteiger partial charge in [0.25, 0.3) is 0 Å². The van der Waals surface area contributed by atoms with Crippen molar-refractivity contribution in [2.75, 3.05) is 276 Å². The number of morpholine rings is 8. The van der Waals surface area contributed by atoms with E-state index in [0.29, 0.717) is 13.2 Å². The van der Waals surface area contributed by atoms with Crippen molar-refractivity contribution in [1.82, 2.24) is 39.2 Å². The molecule has 0 radical (unpaired) electrons. The van der Waals surface area contributed by atoms with Gasteiger partial charge in [-0.3, -0.25) is 39.2 Å². The van der Waals surface area contributed by atoms with E-state index in [2.05, 4.69) is 105 Å². The fourth-order valence-electron chi connectivity index (χ4n) is 16.4. The summed E-state index contributed by atoms with van der Waals surface area (Å²) in [5.74, 6) is 0. The lowest BCUT2D eigenvalue weighted by Crippen LogP contribution is -2.65. The predicted molar refractivity (Wildman–Crippen MR) is 417 cm³/mol. The molecule has 0 aromatic heterocycles. The first-order chi connectivity index (χ1) is 48.7. The zero-order valence-corrected chi connectivity index (χ0v) is 73.5. The second-order valence-electron chi connectivity index (χ2n) is 31.1. The molecular weight excluding hydrogens is 1430 g/mol. The number of ether oxygens (including phenoxy) is 8.